The third-order valence-electron chi connectivity index (χ3n) is 3.81. The molecule has 1 aliphatic rings. The van der Waals surface area contributed by atoms with E-state index in [1.54, 1.807) is 22.5 Å². The summed E-state index contributed by atoms with van der Waals surface area (Å²) in [5.41, 5.74) is 0. The largest absolute Gasteiger partial charge is 0.495 e. The number of ether oxygens (including phenoxy) is 1. The van der Waals surface area contributed by atoms with E-state index in [1.165, 1.54) is 7.11 Å². The Labute approximate surface area is 134 Å². The van der Waals surface area contributed by atoms with Crippen LogP contribution in [0.3, 0.4) is 0 Å². The second-order valence-electron chi connectivity index (χ2n) is 5.20. The summed E-state index contributed by atoms with van der Waals surface area (Å²) in [5.74, 6) is 0.932. The zero-order chi connectivity index (χ0) is 15.5. The zero-order valence-electron chi connectivity index (χ0n) is 12.3. The maximum atomic E-state index is 12.8. The standard InChI is InChI=1S/C14H21BrN2O3S/c1-16-10-11-5-7-17(8-6-11)21(18,19)14-9-12(15)3-4-13(14)20-2/h3-4,9,11,16H,5-8,10H2,1-2H3. The molecule has 0 atom stereocenters. The Kier molecular flexibility index (Phi) is 5.65. The SMILES string of the molecule is CNCC1CCN(S(=O)(=O)c2cc(Br)ccc2OC)CC1. The van der Waals surface area contributed by atoms with Gasteiger partial charge in [-0.05, 0) is 50.6 Å². The highest BCUT2D eigenvalue weighted by molar-refractivity contribution is 9.10. The van der Waals surface area contributed by atoms with Crippen molar-refractivity contribution in [3.05, 3.63) is 22.7 Å². The van der Waals surface area contributed by atoms with Gasteiger partial charge in [-0.1, -0.05) is 15.9 Å². The van der Waals surface area contributed by atoms with Crippen molar-refractivity contribution >= 4 is 26.0 Å². The summed E-state index contributed by atoms with van der Waals surface area (Å²) in [7, 11) is -0.0942. The van der Waals surface area contributed by atoms with Crippen LogP contribution >= 0.6 is 15.9 Å². The lowest BCUT2D eigenvalue weighted by atomic mass is 9.98. The van der Waals surface area contributed by atoms with E-state index in [2.05, 4.69) is 21.2 Å². The zero-order valence-corrected chi connectivity index (χ0v) is 14.7. The Morgan fingerprint density at radius 3 is 2.62 bits per heavy atom. The molecule has 0 saturated carbocycles. The molecule has 0 bridgehead atoms. The van der Waals surface area contributed by atoms with Crippen molar-refractivity contribution in [1.82, 2.24) is 9.62 Å². The van der Waals surface area contributed by atoms with E-state index < -0.39 is 10.0 Å². The van der Waals surface area contributed by atoms with Crippen LogP contribution in [0.1, 0.15) is 12.8 Å². The van der Waals surface area contributed by atoms with Crippen LogP contribution in [0, 0.1) is 5.92 Å². The molecule has 1 fully saturated rings. The number of benzene rings is 1. The van der Waals surface area contributed by atoms with E-state index in [1.807, 2.05) is 7.05 Å². The van der Waals surface area contributed by atoms with Crippen LogP contribution in [0.4, 0.5) is 0 Å². The highest BCUT2D eigenvalue weighted by Crippen LogP contribution is 2.31. The molecule has 5 nitrogen and oxygen atoms in total. The first-order valence-electron chi connectivity index (χ1n) is 6.97. The summed E-state index contributed by atoms with van der Waals surface area (Å²) in [6, 6.07) is 5.05. The minimum Gasteiger partial charge on any atom is -0.495 e. The predicted molar refractivity (Wildman–Crippen MR) is 86.1 cm³/mol. The average molecular weight is 377 g/mol. The molecule has 21 heavy (non-hydrogen) atoms. The lowest BCUT2D eigenvalue weighted by molar-refractivity contribution is 0.270. The van der Waals surface area contributed by atoms with Gasteiger partial charge in [-0.25, -0.2) is 8.42 Å². The van der Waals surface area contributed by atoms with Gasteiger partial charge in [0.2, 0.25) is 10.0 Å². The van der Waals surface area contributed by atoms with Crippen molar-refractivity contribution < 1.29 is 13.2 Å². The minimum atomic E-state index is -3.51. The summed E-state index contributed by atoms with van der Waals surface area (Å²) >= 11 is 3.33. The second-order valence-corrected chi connectivity index (χ2v) is 8.02. The molecular weight excluding hydrogens is 356 g/mol. The number of piperidine rings is 1. The fraction of sp³-hybridized carbons (Fsp3) is 0.571. The molecule has 2 rings (SSSR count). The maximum absolute atomic E-state index is 12.8. The molecule has 0 spiro atoms. The van der Waals surface area contributed by atoms with E-state index >= 15 is 0 Å². The van der Waals surface area contributed by atoms with Gasteiger partial charge < -0.3 is 10.1 Å². The van der Waals surface area contributed by atoms with Crippen molar-refractivity contribution in [1.29, 1.82) is 0 Å². The fourth-order valence-electron chi connectivity index (χ4n) is 2.63. The van der Waals surface area contributed by atoms with Crippen molar-refractivity contribution in [3.8, 4) is 5.75 Å². The van der Waals surface area contributed by atoms with Crippen LogP contribution in [0.15, 0.2) is 27.6 Å². The van der Waals surface area contributed by atoms with Crippen molar-refractivity contribution in [2.75, 3.05) is 33.8 Å². The first-order chi connectivity index (χ1) is 9.98. The van der Waals surface area contributed by atoms with Crippen LogP contribution in [0.2, 0.25) is 0 Å². The van der Waals surface area contributed by atoms with Crippen molar-refractivity contribution in [3.63, 3.8) is 0 Å². The third-order valence-corrected chi connectivity index (χ3v) is 6.22. The average Bonchev–Trinajstić information content (AvgIpc) is 2.48. The van der Waals surface area contributed by atoms with E-state index in [0.29, 0.717) is 24.8 Å². The third kappa shape index (κ3) is 3.77. The highest BCUT2D eigenvalue weighted by atomic mass is 79.9. The van der Waals surface area contributed by atoms with Gasteiger partial charge in [-0.15, -0.1) is 0 Å². The fourth-order valence-corrected chi connectivity index (χ4v) is 4.80. The van der Waals surface area contributed by atoms with Crippen LogP contribution in [0.25, 0.3) is 0 Å². The van der Waals surface area contributed by atoms with Crippen molar-refractivity contribution in [2.45, 2.75) is 17.7 Å². The number of halogens is 1. The second kappa shape index (κ2) is 7.09. The van der Waals surface area contributed by atoms with E-state index in [4.69, 9.17) is 4.74 Å². The van der Waals surface area contributed by atoms with Gasteiger partial charge in [-0.2, -0.15) is 4.31 Å². The molecule has 0 amide bonds. The number of rotatable bonds is 5. The first-order valence-corrected chi connectivity index (χ1v) is 9.20. The molecule has 0 aromatic heterocycles. The van der Waals surface area contributed by atoms with E-state index in [9.17, 15) is 8.42 Å². The summed E-state index contributed by atoms with van der Waals surface area (Å²) in [4.78, 5) is 0.228. The van der Waals surface area contributed by atoms with Crippen LogP contribution in [-0.4, -0.2) is 46.5 Å². The topological polar surface area (TPSA) is 58.6 Å². The Hall–Kier alpha value is -0.630. The number of hydrogen-bond acceptors (Lipinski definition) is 4. The summed E-state index contributed by atoms with van der Waals surface area (Å²) in [6.07, 6.45) is 1.77. The Balaban J connectivity index is 2.21. The number of nitrogens with zero attached hydrogens (tertiary/aromatic N) is 1. The van der Waals surface area contributed by atoms with Crippen LogP contribution in [-0.2, 0) is 10.0 Å². The molecule has 7 heteroatoms. The van der Waals surface area contributed by atoms with E-state index in [0.717, 1.165) is 23.9 Å². The van der Waals surface area contributed by atoms with Gasteiger partial charge in [0.1, 0.15) is 10.6 Å². The number of hydrogen-bond donors (Lipinski definition) is 1. The molecule has 118 valence electrons. The van der Waals surface area contributed by atoms with Gasteiger partial charge in [-0.3, -0.25) is 0 Å². The molecule has 1 N–H and O–H groups in total. The summed E-state index contributed by atoms with van der Waals surface area (Å²) in [6.45, 7) is 2.06. The number of methoxy groups -OCH3 is 1. The highest BCUT2D eigenvalue weighted by Gasteiger charge is 2.31. The van der Waals surface area contributed by atoms with Gasteiger partial charge in [0.15, 0.2) is 0 Å². The van der Waals surface area contributed by atoms with Gasteiger partial charge in [0.25, 0.3) is 0 Å². The molecule has 1 aliphatic heterocycles. The van der Waals surface area contributed by atoms with Gasteiger partial charge >= 0.3 is 0 Å². The summed E-state index contributed by atoms with van der Waals surface area (Å²) in [5, 5.41) is 3.15. The minimum absolute atomic E-state index is 0.228. The molecule has 1 aromatic rings. The molecule has 0 aliphatic carbocycles. The quantitative estimate of drug-likeness (QED) is 0.854. The Morgan fingerprint density at radius 1 is 1.38 bits per heavy atom. The predicted octanol–water partition coefficient (Wildman–Crippen LogP) is 2.08. The number of sulfonamides is 1. The lowest BCUT2D eigenvalue weighted by Gasteiger charge is -2.31. The molecule has 0 unspecified atom stereocenters. The van der Waals surface area contributed by atoms with E-state index in [-0.39, 0.29) is 4.90 Å². The Bertz CT molecular complexity index is 584. The smallest absolute Gasteiger partial charge is 0.246 e. The van der Waals surface area contributed by atoms with Crippen molar-refractivity contribution in [2.24, 2.45) is 5.92 Å². The molecule has 1 heterocycles. The summed E-state index contributed by atoms with van der Waals surface area (Å²) < 4.78 is 33.1. The lowest BCUT2D eigenvalue weighted by Crippen LogP contribution is -2.40. The van der Waals surface area contributed by atoms with Crippen LogP contribution in [0.5, 0.6) is 5.75 Å². The first kappa shape index (κ1) is 16.7. The molecule has 1 aromatic carbocycles. The van der Waals surface area contributed by atoms with Gasteiger partial charge in [0, 0.05) is 17.6 Å². The molecular formula is C14H21BrN2O3S. The number of nitrogens with one attached hydrogen (secondary N) is 1. The van der Waals surface area contributed by atoms with Gasteiger partial charge in [0.05, 0.1) is 7.11 Å². The monoisotopic (exact) mass is 376 g/mol. The molecule has 0 radical (unpaired) electrons. The van der Waals surface area contributed by atoms with Crippen LogP contribution < -0.4 is 10.1 Å². The molecule has 1 saturated heterocycles. The normalized spacial score (nSPS) is 17.9. The maximum Gasteiger partial charge on any atom is 0.246 e. The Morgan fingerprint density at radius 2 is 2.05 bits per heavy atom.